The molecular formula is C20H29N3O3S. The number of benzene rings is 1. The van der Waals surface area contributed by atoms with Crippen LogP contribution in [0.15, 0.2) is 18.2 Å². The zero-order chi connectivity index (χ0) is 19.4. The molecule has 1 atom stereocenters. The summed E-state index contributed by atoms with van der Waals surface area (Å²) in [5.41, 5.74) is 3.95. The third kappa shape index (κ3) is 4.76. The molecule has 0 aromatic heterocycles. The van der Waals surface area contributed by atoms with Gasteiger partial charge in [0.2, 0.25) is 5.91 Å². The lowest BCUT2D eigenvalue weighted by Gasteiger charge is -2.38. The minimum Gasteiger partial charge on any atom is -0.468 e. The lowest BCUT2D eigenvalue weighted by Crippen LogP contribution is -2.52. The molecule has 1 aromatic carbocycles. The van der Waals surface area contributed by atoms with Crippen LogP contribution in [0.5, 0.6) is 0 Å². The van der Waals surface area contributed by atoms with Gasteiger partial charge in [0.05, 0.1) is 13.7 Å². The van der Waals surface area contributed by atoms with Crippen LogP contribution in [-0.2, 0) is 14.3 Å². The summed E-state index contributed by atoms with van der Waals surface area (Å²) in [6.07, 6.45) is 0. The SMILES string of the molecule is COC(=O)[C@H]1CN(C(=O)CN2CCN(c3cccc(C)c3C)CC2)CCS1. The third-order valence-corrected chi connectivity index (χ3v) is 6.69. The first-order valence-corrected chi connectivity index (χ1v) is 10.5. The highest BCUT2D eigenvalue weighted by Gasteiger charge is 2.30. The number of methoxy groups -OCH3 is 1. The Morgan fingerprint density at radius 1 is 1.15 bits per heavy atom. The van der Waals surface area contributed by atoms with Gasteiger partial charge in [-0.25, -0.2) is 0 Å². The number of rotatable bonds is 4. The Labute approximate surface area is 165 Å². The highest BCUT2D eigenvalue weighted by molar-refractivity contribution is 8.00. The molecule has 0 saturated carbocycles. The molecule has 2 aliphatic heterocycles. The normalized spacial score (nSPS) is 21.2. The molecule has 3 rings (SSSR count). The van der Waals surface area contributed by atoms with Gasteiger partial charge in [0, 0.05) is 50.7 Å². The maximum Gasteiger partial charge on any atom is 0.320 e. The van der Waals surface area contributed by atoms with Gasteiger partial charge < -0.3 is 14.5 Å². The standard InChI is InChI=1S/C20H29N3O3S/c1-15-5-4-6-17(16(15)2)22-9-7-21(8-10-22)14-19(24)23-11-12-27-18(13-23)20(25)26-3/h4-6,18H,7-14H2,1-3H3/t18-/m1/s1. The van der Waals surface area contributed by atoms with Crippen molar-refractivity contribution in [2.75, 3.05) is 63.6 Å². The summed E-state index contributed by atoms with van der Waals surface area (Å²) >= 11 is 1.57. The molecule has 0 radical (unpaired) electrons. The highest BCUT2D eigenvalue weighted by atomic mass is 32.2. The summed E-state index contributed by atoms with van der Waals surface area (Å²) in [4.78, 5) is 30.9. The van der Waals surface area contributed by atoms with Crippen LogP contribution in [0.4, 0.5) is 5.69 Å². The van der Waals surface area contributed by atoms with Gasteiger partial charge in [-0.05, 0) is 31.0 Å². The molecule has 0 aliphatic carbocycles. The zero-order valence-electron chi connectivity index (χ0n) is 16.4. The summed E-state index contributed by atoms with van der Waals surface area (Å²) in [6, 6.07) is 6.44. The van der Waals surface area contributed by atoms with Crippen molar-refractivity contribution in [2.45, 2.75) is 19.1 Å². The first-order chi connectivity index (χ1) is 13.0. The van der Waals surface area contributed by atoms with Crippen molar-refractivity contribution in [2.24, 2.45) is 0 Å². The number of hydrogen-bond donors (Lipinski definition) is 0. The maximum atomic E-state index is 12.7. The smallest absolute Gasteiger partial charge is 0.320 e. The van der Waals surface area contributed by atoms with Gasteiger partial charge >= 0.3 is 5.97 Å². The minimum atomic E-state index is -0.256. The Kier molecular flexibility index (Phi) is 6.65. The number of thioether (sulfide) groups is 1. The average molecular weight is 392 g/mol. The number of piperazine rings is 1. The molecule has 0 bridgehead atoms. The number of anilines is 1. The fraction of sp³-hybridized carbons (Fsp3) is 0.600. The van der Waals surface area contributed by atoms with Crippen molar-refractivity contribution < 1.29 is 14.3 Å². The monoisotopic (exact) mass is 391 g/mol. The van der Waals surface area contributed by atoms with E-state index in [-0.39, 0.29) is 17.1 Å². The number of nitrogens with zero attached hydrogens (tertiary/aromatic N) is 3. The van der Waals surface area contributed by atoms with Gasteiger partial charge in [0.1, 0.15) is 5.25 Å². The second kappa shape index (κ2) is 8.97. The molecule has 7 heteroatoms. The Morgan fingerprint density at radius 2 is 1.89 bits per heavy atom. The first-order valence-electron chi connectivity index (χ1n) is 9.50. The number of esters is 1. The lowest BCUT2D eigenvalue weighted by molar-refractivity contribution is -0.141. The molecule has 2 saturated heterocycles. The van der Waals surface area contributed by atoms with Crippen LogP contribution in [0.1, 0.15) is 11.1 Å². The first kappa shape index (κ1) is 20.0. The highest BCUT2D eigenvalue weighted by Crippen LogP contribution is 2.24. The summed E-state index contributed by atoms with van der Waals surface area (Å²) in [5, 5.41) is -0.256. The van der Waals surface area contributed by atoms with E-state index in [9.17, 15) is 9.59 Å². The molecule has 0 unspecified atom stereocenters. The topological polar surface area (TPSA) is 53.1 Å². The molecule has 6 nitrogen and oxygen atoms in total. The fourth-order valence-electron chi connectivity index (χ4n) is 3.67. The molecule has 2 aliphatic rings. The van der Waals surface area contributed by atoms with Crippen LogP contribution in [-0.4, -0.2) is 85.6 Å². The van der Waals surface area contributed by atoms with E-state index in [1.165, 1.54) is 23.9 Å². The van der Waals surface area contributed by atoms with Crippen molar-refractivity contribution in [3.05, 3.63) is 29.3 Å². The Bertz CT molecular complexity index is 689. The zero-order valence-corrected chi connectivity index (χ0v) is 17.3. The molecule has 1 aromatic rings. The fourth-order valence-corrected chi connectivity index (χ4v) is 4.79. The van der Waals surface area contributed by atoms with E-state index in [0.717, 1.165) is 31.9 Å². The number of hydrogen-bond acceptors (Lipinski definition) is 6. The Balaban J connectivity index is 1.51. The van der Waals surface area contributed by atoms with Crippen LogP contribution >= 0.6 is 11.8 Å². The van der Waals surface area contributed by atoms with Crippen molar-refractivity contribution in [1.82, 2.24) is 9.80 Å². The van der Waals surface area contributed by atoms with E-state index >= 15 is 0 Å². The Morgan fingerprint density at radius 3 is 2.59 bits per heavy atom. The van der Waals surface area contributed by atoms with Crippen LogP contribution in [0, 0.1) is 13.8 Å². The lowest BCUT2D eigenvalue weighted by atomic mass is 10.1. The molecule has 0 N–H and O–H groups in total. The molecule has 1 amide bonds. The van der Waals surface area contributed by atoms with Gasteiger partial charge in [-0.2, -0.15) is 0 Å². The van der Waals surface area contributed by atoms with Crippen LogP contribution < -0.4 is 4.90 Å². The molecule has 2 fully saturated rings. The van der Waals surface area contributed by atoms with Crippen molar-refractivity contribution in [3.8, 4) is 0 Å². The molecule has 148 valence electrons. The van der Waals surface area contributed by atoms with Crippen molar-refractivity contribution in [1.29, 1.82) is 0 Å². The Hall–Kier alpha value is -1.73. The van der Waals surface area contributed by atoms with Gasteiger partial charge in [-0.3, -0.25) is 14.5 Å². The maximum absolute atomic E-state index is 12.7. The van der Waals surface area contributed by atoms with Crippen LogP contribution in [0.25, 0.3) is 0 Å². The van der Waals surface area contributed by atoms with E-state index in [1.807, 2.05) is 4.90 Å². The molecule has 27 heavy (non-hydrogen) atoms. The average Bonchev–Trinajstić information content (AvgIpc) is 2.70. The van der Waals surface area contributed by atoms with Crippen LogP contribution in [0.2, 0.25) is 0 Å². The second-order valence-electron chi connectivity index (χ2n) is 7.20. The predicted octanol–water partition coefficient (Wildman–Crippen LogP) is 1.54. The predicted molar refractivity (Wildman–Crippen MR) is 109 cm³/mol. The number of carbonyl (C=O) groups is 2. The van der Waals surface area contributed by atoms with E-state index < -0.39 is 0 Å². The number of ether oxygens (including phenoxy) is 1. The van der Waals surface area contributed by atoms with E-state index in [1.54, 1.807) is 11.8 Å². The largest absolute Gasteiger partial charge is 0.468 e. The van der Waals surface area contributed by atoms with Gasteiger partial charge in [0.25, 0.3) is 0 Å². The molecule has 0 spiro atoms. The third-order valence-electron chi connectivity index (χ3n) is 5.53. The van der Waals surface area contributed by atoms with Crippen LogP contribution in [0.3, 0.4) is 0 Å². The van der Waals surface area contributed by atoms with Gasteiger partial charge in [-0.1, -0.05) is 12.1 Å². The quantitative estimate of drug-likeness (QED) is 0.726. The van der Waals surface area contributed by atoms with E-state index in [0.29, 0.717) is 19.6 Å². The number of aryl methyl sites for hydroxylation is 1. The summed E-state index contributed by atoms with van der Waals surface area (Å²) in [6.45, 7) is 9.52. The van der Waals surface area contributed by atoms with E-state index in [2.05, 4.69) is 41.8 Å². The van der Waals surface area contributed by atoms with Gasteiger partial charge in [0.15, 0.2) is 0 Å². The molecular weight excluding hydrogens is 362 g/mol. The number of carbonyl (C=O) groups excluding carboxylic acids is 2. The second-order valence-corrected chi connectivity index (χ2v) is 8.52. The summed E-state index contributed by atoms with van der Waals surface area (Å²) < 4.78 is 4.83. The molecule has 2 heterocycles. The van der Waals surface area contributed by atoms with Crippen molar-refractivity contribution in [3.63, 3.8) is 0 Å². The number of amides is 1. The van der Waals surface area contributed by atoms with Gasteiger partial charge in [-0.15, -0.1) is 11.8 Å². The summed E-state index contributed by atoms with van der Waals surface area (Å²) in [5.74, 6) is 0.662. The minimum absolute atomic E-state index is 0.115. The van der Waals surface area contributed by atoms with E-state index in [4.69, 9.17) is 4.74 Å². The summed E-state index contributed by atoms with van der Waals surface area (Å²) in [7, 11) is 1.40. The van der Waals surface area contributed by atoms with Crippen molar-refractivity contribution >= 4 is 29.3 Å².